The molecule has 4 nitrogen and oxygen atoms in total. The Morgan fingerprint density at radius 3 is 2.48 bits per heavy atom. The molecular formula is C19H22O4. The number of hydrogen-bond acceptors (Lipinski definition) is 4. The Hall–Kier alpha value is -2.46. The van der Waals surface area contributed by atoms with Crippen LogP contribution >= 0.6 is 0 Å². The van der Waals surface area contributed by atoms with Gasteiger partial charge in [0.25, 0.3) is 0 Å². The molecule has 0 fully saturated rings. The number of hydrogen-bond donors (Lipinski definition) is 1. The summed E-state index contributed by atoms with van der Waals surface area (Å²) in [7, 11) is 1.63. The summed E-state index contributed by atoms with van der Waals surface area (Å²) in [5, 5.41) is 9.67. The lowest BCUT2D eigenvalue weighted by Gasteiger charge is -2.16. The SMILES string of the molecule is C=C(O)c1cc(OCc2ccccc2)cc(OC(C)COC)c1. The van der Waals surface area contributed by atoms with Crippen LogP contribution in [0.2, 0.25) is 0 Å². The van der Waals surface area contributed by atoms with Gasteiger partial charge in [-0.2, -0.15) is 0 Å². The van der Waals surface area contributed by atoms with Crippen LogP contribution < -0.4 is 9.47 Å². The lowest BCUT2D eigenvalue weighted by Crippen LogP contribution is -2.18. The maximum atomic E-state index is 9.67. The predicted octanol–water partition coefficient (Wildman–Crippen LogP) is 4.21. The Morgan fingerprint density at radius 1 is 1.13 bits per heavy atom. The van der Waals surface area contributed by atoms with Crippen molar-refractivity contribution in [3.8, 4) is 11.5 Å². The number of aliphatic hydroxyl groups is 1. The number of benzene rings is 2. The Kier molecular flexibility index (Phi) is 6.06. The Labute approximate surface area is 136 Å². The van der Waals surface area contributed by atoms with E-state index in [0.717, 1.165) is 5.56 Å². The van der Waals surface area contributed by atoms with Gasteiger partial charge in [-0.15, -0.1) is 0 Å². The molecule has 0 aromatic heterocycles. The molecule has 1 unspecified atom stereocenters. The molecule has 0 radical (unpaired) electrons. The van der Waals surface area contributed by atoms with Gasteiger partial charge in [0.15, 0.2) is 0 Å². The van der Waals surface area contributed by atoms with E-state index in [1.54, 1.807) is 25.3 Å². The normalized spacial score (nSPS) is 11.7. The first-order valence-electron chi connectivity index (χ1n) is 7.44. The first-order valence-corrected chi connectivity index (χ1v) is 7.44. The van der Waals surface area contributed by atoms with E-state index in [4.69, 9.17) is 14.2 Å². The van der Waals surface area contributed by atoms with Crippen molar-refractivity contribution >= 4 is 5.76 Å². The van der Waals surface area contributed by atoms with E-state index in [-0.39, 0.29) is 11.9 Å². The van der Waals surface area contributed by atoms with Gasteiger partial charge in [-0.05, 0) is 24.6 Å². The highest BCUT2D eigenvalue weighted by molar-refractivity contribution is 5.60. The molecule has 0 aliphatic rings. The van der Waals surface area contributed by atoms with Crippen LogP contribution in [0, 0.1) is 0 Å². The van der Waals surface area contributed by atoms with Crippen molar-refractivity contribution in [1.29, 1.82) is 0 Å². The summed E-state index contributed by atoms with van der Waals surface area (Å²) in [6, 6.07) is 15.1. The maximum absolute atomic E-state index is 9.67. The van der Waals surface area contributed by atoms with Gasteiger partial charge in [0.2, 0.25) is 0 Å². The van der Waals surface area contributed by atoms with Crippen LogP contribution in [0.15, 0.2) is 55.1 Å². The van der Waals surface area contributed by atoms with Gasteiger partial charge in [0, 0.05) is 18.7 Å². The van der Waals surface area contributed by atoms with Crippen LogP contribution in [0.1, 0.15) is 18.1 Å². The third-order valence-corrected chi connectivity index (χ3v) is 3.20. The van der Waals surface area contributed by atoms with Crippen LogP contribution in [0.5, 0.6) is 11.5 Å². The zero-order chi connectivity index (χ0) is 16.7. The van der Waals surface area contributed by atoms with Gasteiger partial charge in [0.1, 0.15) is 30.0 Å². The largest absolute Gasteiger partial charge is 0.508 e. The predicted molar refractivity (Wildman–Crippen MR) is 90.8 cm³/mol. The molecule has 0 amide bonds. The van der Waals surface area contributed by atoms with Crippen molar-refractivity contribution < 1.29 is 19.3 Å². The summed E-state index contributed by atoms with van der Waals surface area (Å²) in [4.78, 5) is 0. The Morgan fingerprint density at radius 2 is 1.83 bits per heavy atom. The molecule has 122 valence electrons. The molecule has 2 aromatic carbocycles. The molecule has 0 saturated carbocycles. The fraction of sp³-hybridized carbons (Fsp3) is 0.263. The molecule has 2 rings (SSSR count). The molecule has 4 heteroatoms. The number of aliphatic hydroxyl groups excluding tert-OH is 1. The molecule has 1 atom stereocenters. The number of ether oxygens (including phenoxy) is 3. The van der Waals surface area contributed by atoms with E-state index in [2.05, 4.69) is 6.58 Å². The zero-order valence-electron chi connectivity index (χ0n) is 13.5. The summed E-state index contributed by atoms with van der Waals surface area (Å²) < 4.78 is 16.6. The third kappa shape index (κ3) is 5.34. The van der Waals surface area contributed by atoms with Crippen LogP contribution in [-0.2, 0) is 11.3 Å². The molecule has 23 heavy (non-hydrogen) atoms. The summed E-state index contributed by atoms with van der Waals surface area (Å²) in [5.41, 5.74) is 1.63. The average molecular weight is 314 g/mol. The molecule has 0 spiro atoms. The summed E-state index contributed by atoms with van der Waals surface area (Å²) in [5.74, 6) is 1.19. The van der Waals surface area contributed by atoms with Crippen LogP contribution in [0.25, 0.3) is 5.76 Å². The summed E-state index contributed by atoms with van der Waals surface area (Å²) in [6.07, 6.45) is -0.107. The van der Waals surface area contributed by atoms with Crippen molar-refractivity contribution in [3.63, 3.8) is 0 Å². The van der Waals surface area contributed by atoms with Crippen molar-refractivity contribution in [3.05, 3.63) is 66.2 Å². The first-order chi connectivity index (χ1) is 11.1. The topological polar surface area (TPSA) is 47.9 Å². The quantitative estimate of drug-likeness (QED) is 0.742. The Bertz CT molecular complexity index is 637. The third-order valence-electron chi connectivity index (χ3n) is 3.20. The maximum Gasteiger partial charge on any atom is 0.124 e. The summed E-state index contributed by atoms with van der Waals surface area (Å²) >= 11 is 0. The standard InChI is InChI=1S/C19H22O4/c1-14(12-21-3)23-19-10-17(15(2)20)9-18(11-19)22-13-16-7-5-4-6-8-16/h4-11,14,20H,2,12-13H2,1,3H3. The fourth-order valence-electron chi connectivity index (χ4n) is 2.13. The van der Waals surface area contributed by atoms with Crippen molar-refractivity contribution in [2.45, 2.75) is 19.6 Å². The van der Waals surface area contributed by atoms with Gasteiger partial charge in [0.05, 0.1) is 6.61 Å². The molecule has 0 aliphatic heterocycles. The molecule has 0 aliphatic carbocycles. The highest BCUT2D eigenvalue weighted by atomic mass is 16.5. The monoisotopic (exact) mass is 314 g/mol. The minimum absolute atomic E-state index is 0.0283. The van der Waals surface area contributed by atoms with E-state index >= 15 is 0 Å². The van der Waals surface area contributed by atoms with E-state index in [1.165, 1.54) is 0 Å². The van der Waals surface area contributed by atoms with Gasteiger partial charge in [-0.25, -0.2) is 0 Å². The minimum atomic E-state index is -0.107. The smallest absolute Gasteiger partial charge is 0.124 e. The lowest BCUT2D eigenvalue weighted by molar-refractivity contribution is 0.0918. The van der Waals surface area contributed by atoms with Crippen molar-refractivity contribution in [1.82, 2.24) is 0 Å². The van der Waals surface area contributed by atoms with Crippen LogP contribution in [0.3, 0.4) is 0 Å². The molecule has 0 saturated heterocycles. The average Bonchev–Trinajstić information content (AvgIpc) is 2.54. The van der Waals surface area contributed by atoms with E-state index < -0.39 is 0 Å². The first kappa shape index (κ1) is 16.9. The molecule has 0 heterocycles. The second kappa shape index (κ2) is 8.25. The van der Waals surface area contributed by atoms with Gasteiger partial charge in [-0.3, -0.25) is 0 Å². The lowest BCUT2D eigenvalue weighted by atomic mass is 10.1. The summed E-state index contributed by atoms with van der Waals surface area (Å²) in [6.45, 7) is 6.39. The fourth-order valence-corrected chi connectivity index (χ4v) is 2.13. The second-order valence-corrected chi connectivity index (χ2v) is 5.30. The molecule has 0 bridgehead atoms. The van der Waals surface area contributed by atoms with E-state index in [0.29, 0.717) is 30.3 Å². The highest BCUT2D eigenvalue weighted by Gasteiger charge is 2.09. The highest BCUT2D eigenvalue weighted by Crippen LogP contribution is 2.27. The number of rotatable bonds is 8. The minimum Gasteiger partial charge on any atom is -0.508 e. The van der Waals surface area contributed by atoms with Crippen molar-refractivity contribution in [2.24, 2.45) is 0 Å². The van der Waals surface area contributed by atoms with Gasteiger partial charge < -0.3 is 19.3 Å². The second-order valence-electron chi connectivity index (χ2n) is 5.30. The number of methoxy groups -OCH3 is 1. The molecule has 1 N–H and O–H groups in total. The van der Waals surface area contributed by atoms with Crippen molar-refractivity contribution in [2.75, 3.05) is 13.7 Å². The van der Waals surface area contributed by atoms with Gasteiger partial charge in [-0.1, -0.05) is 36.9 Å². The van der Waals surface area contributed by atoms with Crippen LogP contribution in [0.4, 0.5) is 0 Å². The van der Waals surface area contributed by atoms with E-state index in [9.17, 15) is 5.11 Å². The molecule has 2 aromatic rings. The van der Waals surface area contributed by atoms with E-state index in [1.807, 2.05) is 37.3 Å². The van der Waals surface area contributed by atoms with Gasteiger partial charge >= 0.3 is 0 Å². The molecular weight excluding hydrogens is 292 g/mol. The Balaban J connectivity index is 2.14. The zero-order valence-corrected chi connectivity index (χ0v) is 13.5. The van der Waals surface area contributed by atoms with Crippen LogP contribution in [-0.4, -0.2) is 24.9 Å².